The van der Waals surface area contributed by atoms with E-state index in [1.165, 1.54) is 7.11 Å². The number of ether oxygens (including phenoxy) is 2. The minimum Gasteiger partial charge on any atom is -0.496 e. The number of benzene rings is 1. The number of hydrogen-bond donors (Lipinski definition) is 1. The van der Waals surface area contributed by atoms with E-state index in [0.717, 1.165) is 17.7 Å². The van der Waals surface area contributed by atoms with E-state index >= 15 is 0 Å². The Morgan fingerprint density at radius 3 is 2.67 bits per heavy atom. The number of hydrogen-bond acceptors (Lipinski definition) is 5. The highest BCUT2D eigenvalue weighted by Crippen LogP contribution is 2.26. The van der Waals surface area contributed by atoms with Gasteiger partial charge in [-0.15, -0.1) is 11.8 Å². The SMILES string of the molecule is COc1cc(SC)ccc1C(=O)O[C@H](C)C(=O)NC1CC1. The Morgan fingerprint density at radius 2 is 2.10 bits per heavy atom. The molecule has 0 radical (unpaired) electrons. The molecule has 1 aromatic carbocycles. The summed E-state index contributed by atoms with van der Waals surface area (Å²) in [4.78, 5) is 24.9. The summed E-state index contributed by atoms with van der Waals surface area (Å²) >= 11 is 1.56. The summed E-state index contributed by atoms with van der Waals surface area (Å²) in [6.07, 6.45) is 3.12. The van der Waals surface area contributed by atoms with Crippen molar-refractivity contribution >= 4 is 23.6 Å². The van der Waals surface area contributed by atoms with Gasteiger partial charge in [0.1, 0.15) is 11.3 Å². The topological polar surface area (TPSA) is 64.6 Å². The number of methoxy groups -OCH3 is 1. The van der Waals surface area contributed by atoms with E-state index in [0.29, 0.717) is 11.3 Å². The average molecular weight is 309 g/mol. The maximum Gasteiger partial charge on any atom is 0.342 e. The zero-order chi connectivity index (χ0) is 15.4. The van der Waals surface area contributed by atoms with E-state index in [4.69, 9.17) is 9.47 Å². The Kier molecular flexibility index (Phi) is 5.12. The second kappa shape index (κ2) is 6.85. The van der Waals surface area contributed by atoms with Crippen molar-refractivity contribution in [2.75, 3.05) is 13.4 Å². The summed E-state index contributed by atoms with van der Waals surface area (Å²) in [5.74, 6) is -0.370. The van der Waals surface area contributed by atoms with Gasteiger partial charge in [0.2, 0.25) is 0 Å². The first kappa shape index (κ1) is 15.7. The summed E-state index contributed by atoms with van der Waals surface area (Å²) in [6.45, 7) is 1.57. The van der Waals surface area contributed by atoms with E-state index in [9.17, 15) is 9.59 Å². The molecule has 1 atom stereocenters. The molecule has 0 saturated heterocycles. The van der Waals surface area contributed by atoms with Crippen molar-refractivity contribution in [1.29, 1.82) is 0 Å². The van der Waals surface area contributed by atoms with Gasteiger partial charge in [0.05, 0.1) is 7.11 Å². The van der Waals surface area contributed by atoms with Gasteiger partial charge in [-0.1, -0.05) is 0 Å². The van der Waals surface area contributed by atoms with Crippen LogP contribution in [0, 0.1) is 0 Å². The molecule has 6 heteroatoms. The molecule has 0 aliphatic heterocycles. The van der Waals surface area contributed by atoms with Crippen LogP contribution in [0.3, 0.4) is 0 Å². The van der Waals surface area contributed by atoms with Gasteiger partial charge in [-0.05, 0) is 44.2 Å². The van der Waals surface area contributed by atoms with Crippen LogP contribution in [0.2, 0.25) is 0 Å². The van der Waals surface area contributed by atoms with E-state index < -0.39 is 12.1 Å². The van der Waals surface area contributed by atoms with Gasteiger partial charge in [-0.3, -0.25) is 4.79 Å². The summed E-state index contributed by atoms with van der Waals surface area (Å²) in [5, 5.41) is 2.81. The van der Waals surface area contributed by atoms with E-state index in [1.54, 1.807) is 30.8 Å². The van der Waals surface area contributed by atoms with Gasteiger partial charge in [-0.25, -0.2) is 4.79 Å². The van der Waals surface area contributed by atoms with Crippen molar-refractivity contribution < 1.29 is 19.1 Å². The lowest BCUT2D eigenvalue weighted by molar-refractivity contribution is -0.129. The molecule has 0 heterocycles. The molecule has 0 bridgehead atoms. The summed E-state index contributed by atoms with van der Waals surface area (Å²) < 4.78 is 10.4. The lowest BCUT2D eigenvalue weighted by Crippen LogP contribution is -2.37. The van der Waals surface area contributed by atoms with E-state index in [2.05, 4.69) is 5.32 Å². The summed E-state index contributed by atoms with van der Waals surface area (Å²) in [7, 11) is 1.50. The van der Waals surface area contributed by atoms with Crippen LogP contribution in [0.5, 0.6) is 5.75 Å². The minimum absolute atomic E-state index is 0.244. The maximum atomic E-state index is 12.2. The van der Waals surface area contributed by atoms with E-state index in [1.807, 2.05) is 12.3 Å². The molecular weight excluding hydrogens is 290 g/mol. The summed E-state index contributed by atoms with van der Waals surface area (Å²) in [6, 6.07) is 5.49. The largest absolute Gasteiger partial charge is 0.496 e. The van der Waals surface area contributed by atoms with Crippen molar-refractivity contribution in [2.45, 2.75) is 36.8 Å². The lowest BCUT2D eigenvalue weighted by Gasteiger charge is -2.15. The first-order valence-electron chi connectivity index (χ1n) is 6.78. The number of nitrogens with one attached hydrogen (secondary N) is 1. The van der Waals surface area contributed by atoms with Crippen LogP contribution in [0.1, 0.15) is 30.1 Å². The lowest BCUT2D eigenvalue weighted by atomic mass is 10.2. The van der Waals surface area contributed by atoms with Crippen LogP contribution < -0.4 is 10.1 Å². The number of esters is 1. The second-order valence-corrected chi connectivity index (χ2v) is 5.78. The molecule has 0 unspecified atom stereocenters. The highest BCUT2D eigenvalue weighted by atomic mass is 32.2. The van der Waals surface area contributed by atoms with Gasteiger partial charge in [0.25, 0.3) is 5.91 Å². The van der Waals surface area contributed by atoms with Crippen LogP contribution in [0.15, 0.2) is 23.1 Å². The predicted octanol–water partition coefficient (Wildman–Crippen LogP) is 2.24. The van der Waals surface area contributed by atoms with Crippen LogP contribution in [0.25, 0.3) is 0 Å². The fraction of sp³-hybridized carbons (Fsp3) is 0.467. The maximum absolute atomic E-state index is 12.2. The van der Waals surface area contributed by atoms with Crippen molar-refractivity contribution in [2.24, 2.45) is 0 Å². The molecular formula is C15H19NO4S. The molecule has 1 fully saturated rings. The molecule has 5 nitrogen and oxygen atoms in total. The highest BCUT2D eigenvalue weighted by Gasteiger charge is 2.28. The quantitative estimate of drug-likeness (QED) is 0.645. The highest BCUT2D eigenvalue weighted by molar-refractivity contribution is 7.98. The first-order chi connectivity index (χ1) is 10.0. The van der Waals surface area contributed by atoms with Crippen molar-refractivity contribution in [1.82, 2.24) is 5.32 Å². The van der Waals surface area contributed by atoms with Gasteiger partial charge >= 0.3 is 5.97 Å². The molecule has 1 aliphatic rings. The Labute approximate surface area is 128 Å². The monoisotopic (exact) mass is 309 g/mol. The molecule has 1 aliphatic carbocycles. The second-order valence-electron chi connectivity index (χ2n) is 4.90. The van der Waals surface area contributed by atoms with Gasteiger partial charge in [0, 0.05) is 10.9 Å². The standard InChI is InChI=1S/C15H19NO4S/c1-9(14(17)16-10-4-5-10)20-15(18)12-7-6-11(21-3)8-13(12)19-2/h6-10H,4-5H2,1-3H3,(H,16,17)/t9-/m1/s1. The predicted molar refractivity (Wildman–Crippen MR) is 80.8 cm³/mol. The molecule has 0 aromatic heterocycles. The van der Waals surface area contributed by atoms with Crippen molar-refractivity contribution in [3.05, 3.63) is 23.8 Å². The van der Waals surface area contributed by atoms with Crippen molar-refractivity contribution in [3.63, 3.8) is 0 Å². The number of carbonyl (C=O) groups excluding carboxylic acids is 2. The van der Waals surface area contributed by atoms with Gasteiger partial charge < -0.3 is 14.8 Å². The van der Waals surface area contributed by atoms with Crippen LogP contribution >= 0.6 is 11.8 Å². The Balaban J connectivity index is 2.03. The number of rotatable bonds is 6. The third kappa shape index (κ3) is 4.14. The number of amides is 1. The zero-order valence-corrected chi connectivity index (χ0v) is 13.2. The molecule has 114 valence electrons. The number of thioether (sulfide) groups is 1. The van der Waals surface area contributed by atoms with Gasteiger partial charge in [-0.2, -0.15) is 0 Å². The van der Waals surface area contributed by atoms with Crippen LogP contribution in [-0.2, 0) is 9.53 Å². The third-order valence-electron chi connectivity index (χ3n) is 3.21. The zero-order valence-electron chi connectivity index (χ0n) is 12.3. The third-order valence-corrected chi connectivity index (χ3v) is 3.93. The van der Waals surface area contributed by atoms with E-state index in [-0.39, 0.29) is 11.9 Å². The first-order valence-corrected chi connectivity index (χ1v) is 8.01. The molecule has 2 rings (SSSR count). The Bertz CT molecular complexity index is 542. The van der Waals surface area contributed by atoms with Crippen LogP contribution in [0.4, 0.5) is 0 Å². The van der Waals surface area contributed by atoms with Crippen LogP contribution in [-0.4, -0.2) is 37.4 Å². The molecule has 1 amide bonds. The molecule has 1 saturated carbocycles. The summed E-state index contributed by atoms with van der Waals surface area (Å²) in [5.41, 5.74) is 0.321. The minimum atomic E-state index is -0.817. The van der Waals surface area contributed by atoms with Gasteiger partial charge in [0.15, 0.2) is 6.10 Å². The molecule has 0 spiro atoms. The molecule has 1 aromatic rings. The fourth-order valence-corrected chi connectivity index (χ4v) is 2.22. The van der Waals surface area contributed by atoms with Crippen molar-refractivity contribution in [3.8, 4) is 5.75 Å². The Hall–Kier alpha value is -1.69. The molecule has 21 heavy (non-hydrogen) atoms. The fourth-order valence-electron chi connectivity index (χ4n) is 1.79. The smallest absolute Gasteiger partial charge is 0.342 e. The number of carbonyl (C=O) groups is 2. The molecule has 1 N–H and O–H groups in total. The normalized spacial score (nSPS) is 15.2. The Morgan fingerprint density at radius 1 is 1.38 bits per heavy atom. The average Bonchev–Trinajstić information content (AvgIpc) is 3.30.